The number of ether oxygens (including phenoxy) is 1. The van der Waals surface area contributed by atoms with Crippen LogP contribution in [-0.2, 0) is 0 Å². The van der Waals surface area contributed by atoms with E-state index in [2.05, 4.69) is 44.3 Å². The van der Waals surface area contributed by atoms with Gasteiger partial charge in [-0.1, -0.05) is 24.6 Å². The molecule has 98 valence electrons. The van der Waals surface area contributed by atoms with Crippen molar-refractivity contribution in [2.75, 3.05) is 0 Å². The summed E-state index contributed by atoms with van der Waals surface area (Å²) < 4.78 is 6.08. The maximum atomic E-state index is 6.08. The Balaban J connectivity index is 1.80. The van der Waals surface area contributed by atoms with Crippen molar-refractivity contribution in [3.05, 3.63) is 29.8 Å². The molecule has 0 bridgehead atoms. The molecule has 2 nitrogen and oxygen atoms in total. The van der Waals surface area contributed by atoms with E-state index in [-0.39, 0.29) is 5.60 Å². The molecule has 2 unspecified atom stereocenters. The van der Waals surface area contributed by atoms with Crippen LogP contribution in [0.4, 0.5) is 0 Å². The van der Waals surface area contributed by atoms with Crippen LogP contribution in [0.1, 0.15) is 51.6 Å². The minimum atomic E-state index is -0.151. The smallest absolute Gasteiger partial charge is 0.125 e. The monoisotopic (exact) mass is 245 g/mol. The van der Waals surface area contributed by atoms with E-state index in [1.54, 1.807) is 0 Å². The van der Waals surface area contributed by atoms with Crippen molar-refractivity contribution >= 4 is 0 Å². The third-order valence-corrected chi connectivity index (χ3v) is 4.58. The Hall–Kier alpha value is -1.02. The zero-order chi connectivity index (χ0) is 12.8. The zero-order valence-electron chi connectivity index (χ0n) is 11.6. The first-order valence-corrected chi connectivity index (χ1v) is 7.12. The highest BCUT2D eigenvalue weighted by molar-refractivity contribution is 5.42. The second kappa shape index (κ2) is 4.27. The van der Waals surface area contributed by atoms with Crippen LogP contribution >= 0.6 is 0 Å². The lowest BCUT2D eigenvalue weighted by atomic mass is 9.79. The lowest BCUT2D eigenvalue weighted by molar-refractivity contribution is 0.0820. The van der Waals surface area contributed by atoms with Crippen LogP contribution in [0.15, 0.2) is 24.3 Å². The Bertz CT molecular complexity index is 436. The van der Waals surface area contributed by atoms with Gasteiger partial charge < -0.3 is 10.1 Å². The molecule has 1 heterocycles. The summed E-state index contributed by atoms with van der Waals surface area (Å²) in [6.07, 6.45) is 4.16. The topological polar surface area (TPSA) is 21.3 Å². The highest BCUT2D eigenvalue weighted by Crippen LogP contribution is 2.43. The van der Waals surface area contributed by atoms with E-state index in [0.717, 1.165) is 11.7 Å². The van der Waals surface area contributed by atoms with Crippen molar-refractivity contribution in [1.29, 1.82) is 0 Å². The number of nitrogens with one attached hydrogen (secondary N) is 1. The molecule has 2 heteroatoms. The summed E-state index contributed by atoms with van der Waals surface area (Å²) in [6.45, 7) is 6.68. The molecule has 0 spiro atoms. The zero-order valence-corrected chi connectivity index (χ0v) is 11.6. The molecule has 2 atom stereocenters. The van der Waals surface area contributed by atoms with E-state index < -0.39 is 0 Å². The van der Waals surface area contributed by atoms with Crippen LogP contribution in [-0.4, -0.2) is 11.6 Å². The number of hydrogen-bond donors (Lipinski definition) is 1. The van der Waals surface area contributed by atoms with Gasteiger partial charge in [0.15, 0.2) is 0 Å². The molecule has 1 aromatic rings. The maximum absolute atomic E-state index is 6.08. The Kier molecular flexibility index (Phi) is 2.86. The Morgan fingerprint density at radius 1 is 1.28 bits per heavy atom. The second-order valence-corrected chi connectivity index (χ2v) is 6.32. The minimum absolute atomic E-state index is 0.151. The maximum Gasteiger partial charge on any atom is 0.125 e. The van der Waals surface area contributed by atoms with Crippen molar-refractivity contribution in [2.24, 2.45) is 5.92 Å². The van der Waals surface area contributed by atoms with E-state index >= 15 is 0 Å². The predicted octanol–water partition coefficient (Wildman–Crippen LogP) is 3.68. The first-order chi connectivity index (χ1) is 8.58. The minimum Gasteiger partial charge on any atom is -0.486 e. The first-order valence-electron chi connectivity index (χ1n) is 7.12. The van der Waals surface area contributed by atoms with Crippen LogP contribution < -0.4 is 10.1 Å². The van der Waals surface area contributed by atoms with E-state index in [9.17, 15) is 0 Å². The molecule has 2 aliphatic rings. The van der Waals surface area contributed by atoms with Crippen LogP contribution in [0.2, 0.25) is 0 Å². The summed E-state index contributed by atoms with van der Waals surface area (Å²) in [7, 11) is 0. The van der Waals surface area contributed by atoms with E-state index in [0.29, 0.717) is 12.1 Å². The van der Waals surface area contributed by atoms with Crippen LogP contribution in [0, 0.1) is 5.92 Å². The summed E-state index contributed by atoms with van der Waals surface area (Å²) in [5.74, 6) is 1.90. The normalized spacial score (nSPS) is 27.2. The third-order valence-electron chi connectivity index (χ3n) is 4.58. The van der Waals surface area contributed by atoms with Gasteiger partial charge in [0.25, 0.3) is 0 Å². The number of para-hydroxylation sites is 1. The summed E-state index contributed by atoms with van der Waals surface area (Å²) >= 11 is 0. The Labute approximate surface area is 110 Å². The third kappa shape index (κ3) is 1.93. The first kappa shape index (κ1) is 12.0. The van der Waals surface area contributed by atoms with Gasteiger partial charge in [-0.2, -0.15) is 0 Å². The quantitative estimate of drug-likeness (QED) is 0.877. The fourth-order valence-electron chi connectivity index (χ4n) is 3.16. The number of rotatable bonds is 3. The molecule has 0 amide bonds. The van der Waals surface area contributed by atoms with Crippen LogP contribution in [0.25, 0.3) is 0 Å². The average molecular weight is 245 g/mol. The number of fused-ring (bicyclic) bond motifs is 1. The molecule has 0 radical (unpaired) electrons. The molecular formula is C16H23NO. The van der Waals surface area contributed by atoms with Gasteiger partial charge in [0.05, 0.1) is 6.04 Å². The lowest BCUT2D eigenvalue weighted by Crippen LogP contribution is -2.46. The Morgan fingerprint density at radius 2 is 2.00 bits per heavy atom. The highest BCUT2D eigenvalue weighted by atomic mass is 16.5. The van der Waals surface area contributed by atoms with Crippen LogP contribution in [0.5, 0.6) is 5.75 Å². The van der Waals surface area contributed by atoms with Crippen molar-refractivity contribution in [1.82, 2.24) is 5.32 Å². The molecule has 0 aromatic heterocycles. The van der Waals surface area contributed by atoms with Crippen molar-refractivity contribution < 1.29 is 4.74 Å². The standard InChI is InChI=1S/C16H23NO/c1-11(12-7-6-8-12)17-15-13-9-4-5-10-14(13)18-16(15,2)3/h4-5,9-12,15,17H,6-8H2,1-3H3. The van der Waals surface area contributed by atoms with Gasteiger partial charge in [0.1, 0.15) is 11.4 Å². The molecule has 1 aliphatic carbocycles. The van der Waals surface area contributed by atoms with Crippen LogP contribution in [0.3, 0.4) is 0 Å². The fourth-order valence-corrected chi connectivity index (χ4v) is 3.16. The second-order valence-electron chi connectivity index (χ2n) is 6.32. The van der Waals surface area contributed by atoms with Gasteiger partial charge in [-0.05, 0) is 45.6 Å². The van der Waals surface area contributed by atoms with Crippen molar-refractivity contribution in [3.63, 3.8) is 0 Å². The Morgan fingerprint density at radius 3 is 2.67 bits per heavy atom. The summed E-state index contributed by atoms with van der Waals surface area (Å²) in [6, 6.07) is 9.31. The van der Waals surface area contributed by atoms with E-state index in [1.807, 2.05) is 6.07 Å². The predicted molar refractivity (Wildman–Crippen MR) is 73.8 cm³/mol. The molecule has 3 rings (SSSR count). The lowest BCUT2D eigenvalue weighted by Gasteiger charge is -2.37. The average Bonchev–Trinajstić information content (AvgIpc) is 2.48. The fraction of sp³-hybridized carbons (Fsp3) is 0.625. The SMILES string of the molecule is CC(NC1c2ccccc2OC1(C)C)C1CCC1. The largest absolute Gasteiger partial charge is 0.486 e. The molecule has 1 saturated carbocycles. The molecular weight excluding hydrogens is 222 g/mol. The highest BCUT2D eigenvalue weighted by Gasteiger charge is 2.42. The van der Waals surface area contributed by atoms with Gasteiger partial charge in [0, 0.05) is 11.6 Å². The molecule has 1 N–H and O–H groups in total. The summed E-state index contributed by atoms with van der Waals surface area (Å²) in [5, 5.41) is 3.80. The van der Waals surface area contributed by atoms with E-state index in [1.165, 1.54) is 24.8 Å². The van der Waals surface area contributed by atoms with Gasteiger partial charge in [-0.15, -0.1) is 0 Å². The molecule has 0 saturated heterocycles. The number of benzene rings is 1. The van der Waals surface area contributed by atoms with Gasteiger partial charge in [-0.3, -0.25) is 0 Å². The number of hydrogen-bond acceptors (Lipinski definition) is 2. The van der Waals surface area contributed by atoms with Gasteiger partial charge >= 0.3 is 0 Å². The molecule has 1 aliphatic heterocycles. The molecule has 1 fully saturated rings. The summed E-state index contributed by atoms with van der Waals surface area (Å²) in [4.78, 5) is 0. The van der Waals surface area contributed by atoms with Gasteiger partial charge in [0.2, 0.25) is 0 Å². The van der Waals surface area contributed by atoms with Crippen molar-refractivity contribution in [2.45, 2.75) is 57.7 Å². The van der Waals surface area contributed by atoms with Crippen molar-refractivity contribution in [3.8, 4) is 5.75 Å². The molecule has 1 aromatic carbocycles. The van der Waals surface area contributed by atoms with Gasteiger partial charge in [-0.25, -0.2) is 0 Å². The van der Waals surface area contributed by atoms with E-state index in [4.69, 9.17) is 4.74 Å². The molecule has 18 heavy (non-hydrogen) atoms. The summed E-state index contributed by atoms with van der Waals surface area (Å²) in [5.41, 5.74) is 1.16.